The van der Waals surface area contributed by atoms with Gasteiger partial charge in [0.05, 0.1) is 11.3 Å². The molecule has 1 aromatic rings. The number of rotatable bonds is 2. The molecule has 12 heavy (non-hydrogen) atoms. The van der Waals surface area contributed by atoms with Crippen LogP contribution in [0.3, 0.4) is 0 Å². The first-order chi connectivity index (χ1) is 5.69. The summed E-state index contributed by atoms with van der Waals surface area (Å²) in [6.07, 6.45) is 0. The first kappa shape index (κ1) is 9.02. The molecule has 0 radical (unpaired) electrons. The van der Waals surface area contributed by atoms with Crippen molar-refractivity contribution in [1.29, 1.82) is 0 Å². The summed E-state index contributed by atoms with van der Waals surface area (Å²) in [5.41, 5.74) is 12.4. The number of nitrogens with zero attached hydrogens (tertiary/aromatic N) is 2. The first-order valence-corrected chi connectivity index (χ1v) is 3.94. The fourth-order valence-corrected chi connectivity index (χ4v) is 1.20. The fourth-order valence-electron chi connectivity index (χ4n) is 0.947. The Morgan fingerprint density at radius 1 is 1.50 bits per heavy atom. The number of anilines is 1. The van der Waals surface area contributed by atoms with Crippen molar-refractivity contribution in [1.82, 2.24) is 9.97 Å². The highest BCUT2D eigenvalue weighted by Gasteiger charge is 2.05. The molecule has 0 aromatic carbocycles. The highest BCUT2D eigenvalue weighted by molar-refractivity contribution is 7.79. The molecule has 1 aromatic heterocycles. The van der Waals surface area contributed by atoms with Crippen LogP contribution in [0.1, 0.15) is 17.1 Å². The van der Waals surface area contributed by atoms with Gasteiger partial charge in [0.1, 0.15) is 11.6 Å². The number of hydrogen-bond acceptors (Lipinski definition) is 5. The summed E-state index contributed by atoms with van der Waals surface area (Å²) in [6.45, 7) is 2.10. The molecule has 5 heteroatoms. The van der Waals surface area contributed by atoms with Gasteiger partial charge in [-0.1, -0.05) is 12.2 Å². The zero-order valence-corrected chi connectivity index (χ0v) is 7.56. The van der Waals surface area contributed by atoms with Gasteiger partial charge in [-0.25, -0.2) is 9.97 Å². The van der Waals surface area contributed by atoms with Crippen LogP contribution in [-0.4, -0.2) is 15.3 Å². The van der Waals surface area contributed by atoms with Crippen molar-refractivity contribution in [2.45, 2.75) is 13.5 Å². The van der Waals surface area contributed by atoms with E-state index in [9.17, 15) is 0 Å². The molecular formula is C7H10N4S. The van der Waals surface area contributed by atoms with Crippen molar-refractivity contribution in [3.05, 3.63) is 17.1 Å². The molecule has 0 aliphatic carbocycles. The maximum Gasteiger partial charge on any atom is 0.135 e. The summed E-state index contributed by atoms with van der Waals surface area (Å²) in [7, 11) is 0. The second-order valence-electron chi connectivity index (χ2n) is 2.34. The second kappa shape index (κ2) is 3.55. The van der Waals surface area contributed by atoms with Crippen LogP contribution in [0, 0.1) is 6.92 Å². The summed E-state index contributed by atoms with van der Waals surface area (Å²) in [5.74, 6) is 1.02. The molecule has 0 unspecified atom stereocenters. The molecule has 4 N–H and O–H groups in total. The molecule has 1 rings (SSSR count). The van der Waals surface area contributed by atoms with E-state index >= 15 is 0 Å². The lowest BCUT2D eigenvalue weighted by Gasteiger charge is -2.05. The Morgan fingerprint density at radius 3 is 2.67 bits per heavy atom. The Kier molecular flexibility index (Phi) is 2.67. The van der Waals surface area contributed by atoms with E-state index in [0.29, 0.717) is 29.4 Å². The molecule has 1 heterocycles. The lowest BCUT2D eigenvalue weighted by molar-refractivity contribution is 0.928. The van der Waals surface area contributed by atoms with Crippen LogP contribution in [0.15, 0.2) is 0 Å². The number of aromatic nitrogens is 2. The average molecular weight is 182 g/mol. The smallest absolute Gasteiger partial charge is 0.135 e. The van der Waals surface area contributed by atoms with E-state index in [-0.39, 0.29) is 0 Å². The van der Waals surface area contributed by atoms with E-state index in [1.165, 1.54) is 5.37 Å². The van der Waals surface area contributed by atoms with E-state index < -0.39 is 0 Å². The highest BCUT2D eigenvalue weighted by atomic mass is 32.1. The van der Waals surface area contributed by atoms with Crippen molar-refractivity contribution in [3.63, 3.8) is 0 Å². The lowest BCUT2D eigenvalue weighted by atomic mass is 10.2. The van der Waals surface area contributed by atoms with Gasteiger partial charge in [0.25, 0.3) is 0 Å². The Hall–Kier alpha value is -1.07. The molecule has 0 saturated heterocycles. The number of aryl methyl sites for hydroxylation is 1. The normalized spacial score (nSPS) is 9.83. The van der Waals surface area contributed by atoms with Crippen molar-refractivity contribution < 1.29 is 0 Å². The number of nitrogen functional groups attached to an aromatic ring is 1. The van der Waals surface area contributed by atoms with Crippen LogP contribution in [0.25, 0.3) is 0 Å². The summed E-state index contributed by atoms with van der Waals surface area (Å²) < 4.78 is 0. The minimum absolute atomic E-state index is 0.329. The summed E-state index contributed by atoms with van der Waals surface area (Å²) in [4.78, 5) is 8.08. The van der Waals surface area contributed by atoms with Gasteiger partial charge >= 0.3 is 0 Å². The Balaban J connectivity index is 3.33. The van der Waals surface area contributed by atoms with Crippen LogP contribution < -0.4 is 11.5 Å². The van der Waals surface area contributed by atoms with Gasteiger partial charge in [-0.05, 0) is 6.92 Å². The van der Waals surface area contributed by atoms with Crippen molar-refractivity contribution in [2.75, 3.05) is 5.73 Å². The SMILES string of the molecule is Cc1nc(N)c(C=S)c(CN)n1. The average Bonchev–Trinajstić information content (AvgIpc) is 2.03. The van der Waals surface area contributed by atoms with Crippen LogP contribution >= 0.6 is 12.2 Å². The fraction of sp³-hybridized carbons (Fsp3) is 0.286. The van der Waals surface area contributed by atoms with Crippen LogP contribution in [0.5, 0.6) is 0 Å². The summed E-state index contributed by atoms with van der Waals surface area (Å²) in [6, 6.07) is 0. The third-order valence-electron chi connectivity index (χ3n) is 1.48. The zero-order valence-electron chi connectivity index (χ0n) is 6.74. The highest BCUT2D eigenvalue weighted by Crippen LogP contribution is 2.10. The Labute approximate surface area is 76.0 Å². The third kappa shape index (κ3) is 1.57. The van der Waals surface area contributed by atoms with Gasteiger partial charge in [-0.2, -0.15) is 0 Å². The molecule has 64 valence electrons. The standard InChI is InChI=1S/C7H10N4S/c1-4-10-6(2-8)5(3-12)7(9)11-4/h3H,2,8H2,1H3,(H2,9,10,11). The first-order valence-electron chi connectivity index (χ1n) is 3.47. The van der Waals surface area contributed by atoms with Gasteiger partial charge in [0.15, 0.2) is 0 Å². The van der Waals surface area contributed by atoms with E-state index in [4.69, 9.17) is 23.7 Å². The quantitative estimate of drug-likeness (QED) is 0.638. The Morgan fingerprint density at radius 2 is 2.17 bits per heavy atom. The molecule has 0 aliphatic rings. The molecule has 0 aliphatic heterocycles. The van der Waals surface area contributed by atoms with Crippen molar-refractivity contribution in [2.24, 2.45) is 5.73 Å². The topological polar surface area (TPSA) is 77.8 Å². The minimum Gasteiger partial charge on any atom is -0.383 e. The predicted molar refractivity (Wildman–Crippen MR) is 51.8 cm³/mol. The van der Waals surface area contributed by atoms with E-state index in [1.54, 1.807) is 6.92 Å². The van der Waals surface area contributed by atoms with Crippen molar-refractivity contribution in [3.8, 4) is 0 Å². The number of hydrogen-bond donors (Lipinski definition) is 2. The zero-order chi connectivity index (χ0) is 9.14. The van der Waals surface area contributed by atoms with Gasteiger partial charge in [-0.3, -0.25) is 0 Å². The van der Waals surface area contributed by atoms with Gasteiger partial charge in [-0.15, -0.1) is 0 Å². The second-order valence-corrected chi connectivity index (χ2v) is 2.57. The number of nitrogens with two attached hydrogens (primary N) is 2. The molecular weight excluding hydrogens is 172 g/mol. The molecule has 0 fully saturated rings. The van der Waals surface area contributed by atoms with Gasteiger partial charge in [0, 0.05) is 11.9 Å². The monoisotopic (exact) mass is 182 g/mol. The molecule has 0 spiro atoms. The van der Waals surface area contributed by atoms with E-state index in [1.807, 2.05) is 0 Å². The Bertz CT molecular complexity index is 311. The van der Waals surface area contributed by atoms with Crippen molar-refractivity contribution >= 4 is 23.4 Å². The molecule has 0 saturated carbocycles. The number of thiocarbonyl (C=S) groups is 1. The van der Waals surface area contributed by atoms with E-state index in [0.717, 1.165) is 0 Å². The van der Waals surface area contributed by atoms with Crippen LogP contribution in [0.4, 0.5) is 5.82 Å². The predicted octanol–water partition coefficient (Wildman–Crippen LogP) is 0.174. The lowest BCUT2D eigenvalue weighted by Crippen LogP contribution is -2.10. The summed E-state index contributed by atoms with van der Waals surface area (Å²) >= 11 is 4.76. The molecule has 0 atom stereocenters. The van der Waals surface area contributed by atoms with Crippen LogP contribution in [0.2, 0.25) is 0 Å². The van der Waals surface area contributed by atoms with E-state index in [2.05, 4.69) is 9.97 Å². The third-order valence-corrected chi connectivity index (χ3v) is 1.71. The molecule has 0 bridgehead atoms. The van der Waals surface area contributed by atoms with Crippen LogP contribution in [-0.2, 0) is 6.54 Å². The maximum atomic E-state index is 5.60. The largest absolute Gasteiger partial charge is 0.383 e. The molecule has 0 amide bonds. The maximum absolute atomic E-state index is 5.60. The minimum atomic E-state index is 0.329. The van der Waals surface area contributed by atoms with Gasteiger partial charge in [0.2, 0.25) is 0 Å². The summed E-state index contributed by atoms with van der Waals surface area (Å²) in [5, 5.41) is 1.46. The molecule has 4 nitrogen and oxygen atoms in total. The van der Waals surface area contributed by atoms with Gasteiger partial charge < -0.3 is 11.5 Å².